The molecule has 10 heavy (non-hydrogen) atoms. The maximum Gasteiger partial charge on any atom is 0.0657 e. The zero-order chi connectivity index (χ0) is 7.98. The van der Waals surface area contributed by atoms with Crippen molar-refractivity contribution in [1.29, 1.82) is 0 Å². The molecule has 0 saturated heterocycles. The molecule has 1 N–H and O–H groups in total. The number of rotatable bonds is 5. The molecule has 0 radical (unpaired) electrons. The highest BCUT2D eigenvalue weighted by Crippen LogP contribution is 2.15. The fourth-order valence-corrected chi connectivity index (χ4v) is 1.23. The predicted octanol–water partition coefficient (Wildman–Crippen LogP) is 2.75. The van der Waals surface area contributed by atoms with Crippen molar-refractivity contribution in [2.24, 2.45) is 0 Å². The molecule has 2 heteroatoms. The zero-order valence-electron chi connectivity index (χ0n) is 6.81. The van der Waals surface area contributed by atoms with E-state index in [2.05, 4.69) is 36.4 Å². The summed E-state index contributed by atoms with van der Waals surface area (Å²) in [6.07, 6.45) is 4.30. The molecule has 62 valence electrons. The molecule has 0 fully saturated rings. The Balaban J connectivity index is 3.31. The number of unbranched alkanes of at least 4 members (excludes halogenated alkanes) is 1. The molecule has 0 aliphatic rings. The van der Waals surface area contributed by atoms with Crippen molar-refractivity contribution >= 4 is 22.6 Å². The van der Waals surface area contributed by atoms with Crippen molar-refractivity contribution in [2.75, 3.05) is 0 Å². The Morgan fingerprint density at radius 3 is 2.40 bits per heavy atom. The predicted molar refractivity (Wildman–Crippen MR) is 53.6 cm³/mol. The lowest BCUT2D eigenvalue weighted by Gasteiger charge is -2.14. The summed E-state index contributed by atoms with van der Waals surface area (Å²) >= 11 is 2.32. The molecule has 0 saturated carbocycles. The second-order valence-corrected chi connectivity index (χ2v) is 4.23. The van der Waals surface area contributed by atoms with Crippen molar-refractivity contribution < 1.29 is 5.11 Å². The Bertz CT molecular complexity index is 75.7. The smallest absolute Gasteiger partial charge is 0.0657 e. The molecule has 1 nitrogen and oxygen atoms in total. The Morgan fingerprint density at radius 1 is 1.40 bits per heavy atom. The molecule has 0 aliphatic carbocycles. The van der Waals surface area contributed by atoms with Crippen LogP contribution in [0.3, 0.4) is 0 Å². The molecule has 0 spiro atoms. The first-order chi connectivity index (χ1) is 4.72. The molecule has 0 aliphatic heterocycles. The SMILES string of the molecule is CCCCC(O)C(I)CC. The highest BCUT2D eigenvalue weighted by atomic mass is 127. The first kappa shape index (κ1) is 10.7. The van der Waals surface area contributed by atoms with E-state index in [0.29, 0.717) is 3.92 Å². The average molecular weight is 256 g/mol. The molecule has 2 unspecified atom stereocenters. The third kappa shape index (κ3) is 4.50. The van der Waals surface area contributed by atoms with Crippen LogP contribution >= 0.6 is 22.6 Å². The van der Waals surface area contributed by atoms with Crippen LogP contribution in [0.4, 0.5) is 0 Å². The zero-order valence-corrected chi connectivity index (χ0v) is 8.97. The average Bonchev–Trinajstić information content (AvgIpc) is 1.98. The van der Waals surface area contributed by atoms with E-state index in [1.807, 2.05) is 0 Å². The van der Waals surface area contributed by atoms with Gasteiger partial charge in [-0.2, -0.15) is 0 Å². The molecule has 0 aromatic rings. The summed E-state index contributed by atoms with van der Waals surface area (Å²) < 4.78 is 0.448. The molecule has 0 bridgehead atoms. The highest BCUT2D eigenvalue weighted by molar-refractivity contribution is 14.1. The van der Waals surface area contributed by atoms with Crippen LogP contribution in [0.15, 0.2) is 0 Å². The Kier molecular flexibility index (Phi) is 6.85. The normalized spacial score (nSPS) is 16.8. The van der Waals surface area contributed by atoms with Gasteiger partial charge >= 0.3 is 0 Å². The number of alkyl halides is 1. The number of aliphatic hydroxyl groups is 1. The van der Waals surface area contributed by atoms with E-state index < -0.39 is 0 Å². The second-order valence-electron chi connectivity index (χ2n) is 2.63. The fraction of sp³-hybridized carbons (Fsp3) is 1.00. The van der Waals surface area contributed by atoms with Crippen LogP contribution in [-0.4, -0.2) is 15.1 Å². The van der Waals surface area contributed by atoms with E-state index in [0.717, 1.165) is 19.3 Å². The van der Waals surface area contributed by atoms with Gasteiger partial charge < -0.3 is 5.11 Å². The quantitative estimate of drug-likeness (QED) is 0.592. The van der Waals surface area contributed by atoms with E-state index in [-0.39, 0.29) is 6.10 Å². The van der Waals surface area contributed by atoms with Crippen molar-refractivity contribution in [3.8, 4) is 0 Å². The van der Waals surface area contributed by atoms with Crippen LogP contribution in [0.2, 0.25) is 0 Å². The van der Waals surface area contributed by atoms with Crippen LogP contribution in [-0.2, 0) is 0 Å². The van der Waals surface area contributed by atoms with E-state index in [9.17, 15) is 5.11 Å². The summed E-state index contributed by atoms with van der Waals surface area (Å²) in [6.45, 7) is 4.27. The van der Waals surface area contributed by atoms with Gasteiger partial charge in [-0.3, -0.25) is 0 Å². The van der Waals surface area contributed by atoms with Crippen LogP contribution in [0.5, 0.6) is 0 Å². The van der Waals surface area contributed by atoms with Crippen molar-refractivity contribution in [3.05, 3.63) is 0 Å². The highest BCUT2D eigenvalue weighted by Gasteiger charge is 2.11. The summed E-state index contributed by atoms with van der Waals surface area (Å²) in [7, 11) is 0. The molecule has 0 aromatic carbocycles. The summed E-state index contributed by atoms with van der Waals surface area (Å²) in [6, 6.07) is 0. The summed E-state index contributed by atoms with van der Waals surface area (Å²) in [5, 5.41) is 9.44. The topological polar surface area (TPSA) is 20.2 Å². The lowest BCUT2D eigenvalue weighted by molar-refractivity contribution is 0.161. The van der Waals surface area contributed by atoms with Crippen molar-refractivity contribution in [3.63, 3.8) is 0 Å². The largest absolute Gasteiger partial charge is 0.392 e. The van der Waals surface area contributed by atoms with Gasteiger partial charge in [0.2, 0.25) is 0 Å². The molecule has 0 rings (SSSR count). The van der Waals surface area contributed by atoms with Crippen molar-refractivity contribution in [1.82, 2.24) is 0 Å². The summed E-state index contributed by atoms with van der Waals surface area (Å²) in [4.78, 5) is 0. The molecule has 0 heterocycles. The van der Waals surface area contributed by atoms with Gasteiger partial charge in [0, 0.05) is 3.92 Å². The maximum absolute atomic E-state index is 9.44. The molecule has 0 amide bonds. The van der Waals surface area contributed by atoms with E-state index in [1.54, 1.807) is 0 Å². The molecular formula is C8H17IO. The van der Waals surface area contributed by atoms with Gasteiger partial charge in [-0.15, -0.1) is 0 Å². The number of hydrogen-bond donors (Lipinski definition) is 1. The van der Waals surface area contributed by atoms with Gasteiger partial charge in [0.05, 0.1) is 6.10 Å². The standard InChI is InChI=1S/C8H17IO/c1-3-5-6-8(10)7(9)4-2/h7-8,10H,3-6H2,1-2H3. The second kappa shape index (κ2) is 6.40. The van der Waals surface area contributed by atoms with E-state index >= 15 is 0 Å². The third-order valence-corrected chi connectivity index (χ3v) is 3.37. The Hall–Kier alpha value is 0.690. The minimum absolute atomic E-state index is 0.0782. The Labute approximate surface area is 77.3 Å². The van der Waals surface area contributed by atoms with Crippen LogP contribution in [0.25, 0.3) is 0 Å². The van der Waals surface area contributed by atoms with Crippen molar-refractivity contribution in [2.45, 2.75) is 49.6 Å². The number of hydrogen-bond acceptors (Lipinski definition) is 1. The first-order valence-electron chi connectivity index (χ1n) is 4.04. The lowest BCUT2D eigenvalue weighted by Crippen LogP contribution is -2.18. The first-order valence-corrected chi connectivity index (χ1v) is 5.29. The molecule has 2 atom stereocenters. The Morgan fingerprint density at radius 2 is 2.00 bits per heavy atom. The van der Waals surface area contributed by atoms with Gasteiger partial charge in [-0.05, 0) is 12.8 Å². The maximum atomic E-state index is 9.44. The van der Waals surface area contributed by atoms with Gasteiger partial charge in [-0.25, -0.2) is 0 Å². The van der Waals surface area contributed by atoms with Crippen LogP contribution in [0, 0.1) is 0 Å². The lowest BCUT2D eigenvalue weighted by atomic mass is 10.1. The van der Waals surface area contributed by atoms with Crippen LogP contribution in [0.1, 0.15) is 39.5 Å². The summed E-state index contributed by atoms with van der Waals surface area (Å²) in [5.41, 5.74) is 0. The van der Waals surface area contributed by atoms with Gasteiger partial charge in [0.25, 0.3) is 0 Å². The molecular weight excluding hydrogens is 239 g/mol. The number of halogens is 1. The fourth-order valence-electron chi connectivity index (χ4n) is 0.866. The minimum atomic E-state index is -0.0782. The third-order valence-electron chi connectivity index (χ3n) is 1.66. The monoisotopic (exact) mass is 256 g/mol. The van der Waals surface area contributed by atoms with E-state index in [4.69, 9.17) is 0 Å². The molecule has 0 aromatic heterocycles. The summed E-state index contributed by atoms with van der Waals surface area (Å²) in [5.74, 6) is 0. The van der Waals surface area contributed by atoms with E-state index in [1.165, 1.54) is 6.42 Å². The van der Waals surface area contributed by atoms with Gasteiger partial charge in [0.1, 0.15) is 0 Å². The number of aliphatic hydroxyl groups excluding tert-OH is 1. The van der Waals surface area contributed by atoms with Crippen LogP contribution < -0.4 is 0 Å². The van der Waals surface area contributed by atoms with Gasteiger partial charge in [0.15, 0.2) is 0 Å². The minimum Gasteiger partial charge on any atom is -0.392 e. The van der Waals surface area contributed by atoms with Gasteiger partial charge in [-0.1, -0.05) is 49.3 Å².